The van der Waals surface area contributed by atoms with Crippen LogP contribution in [-0.2, 0) is 6.42 Å². The van der Waals surface area contributed by atoms with Crippen LogP contribution in [0.25, 0.3) is 0 Å². The lowest BCUT2D eigenvalue weighted by atomic mass is 10.2. The highest BCUT2D eigenvalue weighted by atomic mass is 19.1. The minimum Gasteiger partial charge on any atom is -0.504 e. The van der Waals surface area contributed by atoms with E-state index < -0.39 is 5.43 Å². The molecule has 1 rings (SSSR count). The van der Waals surface area contributed by atoms with Gasteiger partial charge in [0.15, 0.2) is 5.75 Å². The van der Waals surface area contributed by atoms with Gasteiger partial charge in [0, 0.05) is 0 Å². The largest absolute Gasteiger partial charge is 0.504 e. The van der Waals surface area contributed by atoms with Crippen LogP contribution in [0.15, 0.2) is 29.1 Å². The lowest BCUT2D eigenvalue weighted by molar-refractivity contribution is 0.465. The molecule has 0 aromatic heterocycles. The minimum absolute atomic E-state index is 0.279. The number of hydrogen-bond acceptors (Lipinski definition) is 2. The summed E-state index contributed by atoms with van der Waals surface area (Å²) in [5, 5.41) is 9.15. The van der Waals surface area contributed by atoms with Gasteiger partial charge in [0.2, 0.25) is 5.43 Å². The maximum atomic E-state index is 11.8. The van der Waals surface area contributed by atoms with Crippen molar-refractivity contribution in [2.24, 2.45) is 0 Å². The average molecular weight is 182 g/mol. The number of aryl methyl sites for hydroxylation is 1. The highest BCUT2D eigenvalue weighted by Crippen LogP contribution is 2.06. The number of halogens is 1. The normalized spacial score (nSPS) is 9.92. The first kappa shape index (κ1) is 9.71. The smallest absolute Gasteiger partial charge is 0.220 e. The second-order valence-corrected chi connectivity index (χ2v) is 2.79. The fraction of sp³-hybridized carbons (Fsp3) is 0.300. The van der Waals surface area contributed by atoms with E-state index in [-0.39, 0.29) is 12.4 Å². The molecule has 0 aliphatic carbocycles. The molecule has 0 radical (unpaired) electrons. The van der Waals surface area contributed by atoms with Gasteiger partial charge in [0.1, 0.15) is 0 Å². The molecule has 0 saturated heterocycles. The monoisotopic (exact) mass is 182 g/mol. The Labute approximate surface area is 75.7 Å². The molecule has 1 N–H and O–H groups in total. The van der Waals surface area contributed by atoms with Crippen molar-refractivity contribution in [2.75, 3.05) is 6.67 Å². The summed E-state index contributed by atoms with van der Waals surface area (Å²) in [5.74, 6) is -0.279. The Balaban J connectivity index is 2.93. The van der Waals surface area contributed by atoms with Gasteiger partial charge >= 0.3 is 0 Å². The van der Waals surface area contributed by atoms with E-state index in [9.17, 15) is 9.18 Å². The van der Waals surface area contributed by atoms with Crippen molar-refractivity contribution in [2.45, 2.75) is 12.8 Å². The summed E-state index contributed by atoms with van der Waals surface area (Å²) in [6.45, 7) is -0.385. The van der Waals surface area contributed by atoms with Crippen molar-refractivity contribution in [3.05, 3.63) is 40.1 Å². The first-order valence-corrected chi connectivity index (χ1v) is 4.12. The fourth-order valence-corrected chi connectivity index (χ4v) is 1.07. The maximum absolute atomic E-state index is 11.8. The molecule has 1 aromatic carbocycles. The van der Waals surface area contributed by atoms with E-state index in [0.717, 1.165) is 5.56 Å². The zero-order valence-corrected chi connectivity index (χ0v) is 7.16. The van der Waals surface area contributed by atoms with Crippen molar-refractivity contribution < 1.29 is 9.50 Å². The second-order valence-electron chi connectivity index (χ2n) is 2.79. The predicted octanol–water partition coefficient (Wildman–Crippen LogP) is 1.65. The molecule has 0 aliphatic rings. The van der Waals surface area contributed by atoms with Crippen LogP contribution in [0.3, 0.4) is 0 Å². The van der Waals surface area contributed by atoms with Gasteiger partial charge in [-0.3, -0.25) is 9.18 Å². The average Bonchev–Trinajstić information content (AvgIpc) is 2.26. The lowest BCUT2D eigenvalue weighted by Crippen LogP contribution is -1.92. The molecule has 2 nitrogen and oxygen atoms in total. The molecule has 70 valence electrons. The molecule has 0 fully saturated rings. The van der Waals surface area contributed by atoms with E-state index in [2.05, 4.69) is 0 Å². The van der Waals surface area contributed by atoms with Crippen LogP contribution >= 0.6 is 0 Å². The molecule has 13 heavy (non-hydrogen) atoms. The first-order chi connectivity index (χ1) is 6.24. The van der Waals surface area contributed by atoms with Crippen LogP contribution in [0.2, 0.25) is 0 Å². The van der Waals surface area contributed by atoms with E-state index in [4.69, 9.17) is 5.11 Å². The summed E-state index contributed by atoms with van der Waals surface area (Å²) >= 11 is 0. The summed E-state index contributed by atoms with van der Waals surface area (Å²) in [6, 6.07) is 5.94. The molecule has 0 heterocycles. The van der Waals surface area contributed by atoms with Gasteiger partial charge in [-0.1, -0.05) is 12.1 Å². The van der Waals surface area contributed by atoms with Crippen LogP contribution in [0.5, 0.6) is 5.75 Å². The van der Waals surface area contributed by atoms with Crippen molar-refractivity contribution in [1.82, 2.24) is 0 Å². The Kier molecular flexibility index (Phi) is 3.43. The maximum Gasteiger partial charge on any atom is 0.220 e. The van der Waals surface area contributed by atoms with Crippen molar-refractivity contribution in [1.29, 1.82) is 0 Å². The third-order valence-electron chi connectivity index (χ3n) is 1.73. The minimum atomic E-state index is -0.411. The van der Waals surface area contributed by atoms with E-state index in [1.54, 1.807) is 12.1 Å². The van der Waals surface area contributed by atoms with E-state index in [1.807, 2.05) is 0 Å². The summed E-state index contributed by atoms with van der Waals surface area (Å²) in [5.41, 5.74) is 0.365. The predicted molar refractivity (Wildman–Crippen MR) is 48.7 cm³/mol. The van der Waals surface area contributed by atoms with E-state index in [0.29, 0.717) is 12.8 Å². The van der Waals surface area contributed by atoms with Crippen molar-refractivity contribution >= 4 is 0 Å². The Morgan fingerprint density at radius 1 is 1.38 bits per heavy atom. The quantitative estimate of drug-likeness (QED) is 0.771. The van der Waals surface area contributed by atoms with E-state index >= 15 is 0 Å². The number of alkyl halides is 1. The molecule has 0 aliphatic heterocycles. The van der Waals surface area contributed by atoms with Gasteiger partial charge in [0.25, 0.3) is 0 Å². The second kappa shape index (κ2) is 4.60. The number of rotatable bonds is 3. The summed E-state index contributed by atoms with van der Waals surface area (Å²) < 4.78 is 11.8. The molecular formula is C10H11FO2. The molecular weight excluding hydrogens is 171 g/mol. The molecule has 0 spiro atoms. The van der Waals surface area contributed by atoms with Crippen LogP contribution < -0.4 is 5.43 Å². The van der Waals surface area contributed by atoms with E-state index in [1.165, 1.54) is 12.1 Å². The Morgan fingerprint density at radius 3 is 2.85 bits per heavy atom. The number of hydrogen-bond donors (Lipinski definition) is 1. The van der Waals surface area contributed by atoms with Gasteiger partial charge in [-0.2, -0.15) is 0 Å². The van der Waals surface area contributed by atoms with Gasteiger partial charge in [-0.15, -0.1) is 0 Å². The number of aromatic hydroxyl groups is 1. The Hall–Kier alpha value is -1.38. The zero-order chi connectivity index (χ0) is 9.68. The Bertz CT molecular complexity index is 336. The van der Waals surface area contributed by atoms with Crippen molar-refractivity contribution in [3.8, 4) is 5.75 Å². The SMILES string of the molecule is O=c1cccc(CCCF)cc1O. The molecule has 0 unspecified atom stereocenters. The van der Waals surface area contributed by atoms with Gasteiger partial charge in [0.05, 0.1) is 6.67 Å². The standard InChI is InChI=1S/C10H11FO2/c11-6-2-4-8-3-1-5-9(12)10(13)7-8/h1,3,5,7H,2,4,6H2,(H,12,13). The van der Waals surface area contributed by atoms with Crippen molar-refractivity contribution in [3.63, 3.8) is 0 Å². The first-order valence-electron chi connectivity index (χ1n) is 4.12. The molecule has 3 heteroatoms. The third-order valence-corrected chi connectivity index (χ3v) is 1.73. The van der Waals surface area contributed by atoms with Crippen LogP contribution in [0, 0.1) is 0 Å². The third kappa shape index (κ3) is 2.86. The van der Waals surface area contributed by atoms with Gasteiger partial charge in [-0.25, -0.2) is 0 Å². The molecule has 0 saturated carbocycles. The molecule has 0 bridgehead atoms. The topological polar surface area (TPSA) is 37.3 Å². The highest BCUT2D eigenvalue weighted by molar-refractivity contribution is 5.25. The Morgan fingerprint density at radius 2 is 2.15 bits per heavy atom. The summed E-state index contributed by atoms with van der Waals surface area (Å²) in [6.07, 6.45) is 0.954. The van der Waals surface area contributed by atoms with Crippen LogP contribution in [0.4, 0.5) is 4.39 Å². The van der Waals surface area contributed by atoms with Gasteiger partial charge < -0.3 is 5.11 Å². The molecule has 1 aromatic rings. The van der Waals surface area contributed by atoms with Crippen LogP contribution in [-0.4, -0.2) is 11.8 Å². The molecule has 0 atom stereocenters. The lowest BCUT2D eigenvalue weighted by Gasteiger charge is -1.93. The fourth-order valence-electron chi connectivity index (χ4n) is 1.07. The zero-order valence-electron chi connectivity index (χ0n) is 7.16. The summed E-state index contributed by atoms with van der Waals surface area (Å²) in [7, 11) is 0. The highest BCUT2D eigenvalue weighted by Gasteiger charge is 1.96. The van der Waals surface area contributed by atoms with Gasteiger partial charge in [-0.05, 0) is 30.5 Å². The molecule has 0 amide bonds. The van der Waals surface area contributed by atoms with Crippen LogP contribution in [0.1, 0.15) is 12.0 Å². The summed E-state index contributed by atoms with van der Waals surface area (Å²) in [4.78, 5) is 10.9.